The van der Waals surface area contributed by atoms with Crippen molar-refractivity contribution in [2.75, 3.05) is 13.2 Å². The summed E-state index contributed by atoms with van der Waals surface area (Å²) in [6.07, 6.45) is 9.01. The van der Waals surface area contributed by atoms with Crippen LogP contribution in [-0.4, -0.2) is 59.0 Å². The average molecular weight is 380 g/mol. The van der Waals surface area contributed by atoms with Crippen LogP contribution in [0, 0.1) is 0 Å². The Morgan fingerprint density at radius 3 is 1.41 bits per heavy atom. The van der Waals surface area contributed by atoms with Crippen molar-refractivity contribution in [1.82, 2.24) is 0 Å². The van der Waals surface area contributed by atoms with Gasteiger partial charge in [-0.25, -0.2) is 0 Å². The quantitative estimate of drug-likeness (QED) is 0.512. The first-order valence-corrected chi connectivity index (χ1v) is 11.1. The van der Waals surface area contributed by atoms with E-state index in [2.05, 4.69) is 20.8 Å². The topological polar surface area (TPSA) is 55.4 Å². The molecule has 0 N–H and O–H groups in total. The largest absolute Gasteiger partial charge is 0.457 e. The minimum absolute atomic E-state index is 0.0956. The van der Waals surface area contributed by atoms with Gasteiger partial charge in [-0.1, -0.05) is 59.3 Å². The summed E-state index contributed by atoms with van der Waals surface area (Å²) in [5.74, 6) is 0. The first-order valence-electron chi connectivity index (χ1n) is 11.1. The van der Waals surface area contributed by atoms with Gasteiger partial charge in [0.05, 0.1) is 37.6 Å². The molecule has 4 unspecified atom stereocenters. The van der Waals surface area contributed by atoms with Crippen LogP contribution in [-0.2, 0) is 27.9 Å². The standard InChI is InChI=1S/C18H35B3O6/c1-4-7-10-19-22-13-15(24-19)17-18(27-21(26-17)12-9-6-3)16-14-23-20(25-16)11-8-5-2/h15-18H,4-14H2,1-3H3. The molecule has 9 heteroatoms. The molecule has 152 valence electrons. The predicted octanol–water partition coefficient (Wildman–Crippen LogP) is 3.47. The van der Waals surface area contributed by atoms with Gasteiger partial charge in [0.1, 0.15) is 0 Å². The summed E-state index contributed by atoms with van der Waals surface area (Å²) in [6, 6.07) is 0. The van der Waals surface area contributed by atoms with Crippen molar-refractivity contribution >= 4 is 21.4 Å². The fourth-order valence-electron chi connectivity index (χ4n) is 3.98. The number of hydrogen-bond donors (Lipinski definition) is 0. The molecule has 3 fully saturated rings. The molecule has 0 bridgehead atoms. The summed E-state index contributed by atoms with van der Waals surface area (Å²) in [4.78, 5) is 0. The Balaban J connectivity index is 1.57. The Kier molecular flexibility index (Phi) is 9.00. The van der Waals surface area contributed by atoms with Gasteiger partial charge in [0.15, 0.2) is 0 Å². The Morgan fingerprint density at radius 1 is 0.593 bits per heavy atom. The molecule has 0 aromatic rings. The summed E-state index contributed by atoms with van der Waals surface area (Å²) in [7, 11) is -0.421. The molecule has 0 spiro atoms. The van der Waals surface area contributed by atoms with Crippen molar-refractivity contribution in [3.8, 4) is 0 Å². The summed E-state index contributed by atoms with van der Waals surface area (Å²) < 4.78 is 36.6. The van der Waals surface area contributed by atoms with Gasteiger partial charge in [0, 0.05) is 0 Å². The van der Waals surface area contributed by atoms with Gasteiger partial charge in [-0.2, -0.15) is 0 Å². The van der Waals surface area contributed by atoms with Gasteiger partial charge < -0.3 is 27.9 Å². The third-order valence-corrected chi connectivity index (χ3v) is 5.60. The Hall–Kier alpha value is -0.0452. The highest BCUT2D eigenvalue weighted by Gasteiger charge is 2.52. The molecule has 0 amide bonds. The maximum atomic E-state index is 6.28. The van der Waals surface area contributed by atoms with E-state index in [1.165, 1.54) is 0 Å². The van der Waals surface area contributed by atoms with E-state index >= 15 is 0 Å². The summed E-state index contributed by atoms with van der Waals surface area (Å²) in [5.41, 5.74) is 0. The fraction of sp³-hybridized carbons (Fsp3) is 1.00. The molecule has 0 aromatic carbocycles. The minimum Gasteiger partial charge on any atom is -0.408 e. The highest BCUT2D eigenvalue weighted by Crippen LogP contribution is 2.33. The van der Waals surface area contributed by atoms with E-state index < -0.39 is 0 Å². The number of rotatable bonds is 11. The molecular weight excluding hydrogens is 345 g/mol. The summed E-state index contributed by atoms with van der Waals surface area (Å²) in [6.45, 7) is 7.67. The van der Waals surface area contributed by atoms with E-state index in [9.17, 15) is 0 Å². The van der Waals surface area contributed by atoms with E-state index in [-0.39, 0.29) is 45.8 Å². The van der Waals surface area contributed by atoms with Gasteiger partial charge in [-0.05, 0) is 19.0 Å². The third-order valence-electron chi connectivity index (χ3n) is 5.60. The van der Waals surface area contributed by atoms with Gasteiger partial charge in [-0.15, -0.1) is 0 Å². The van der Waals surface area contributed by atoms with E-state index in [4.69, 9.17) is 27.9 Å². The van der Waals surface area contributed by atoms with Crippen LogP contribution in [0.5, 0.6) is 0 Å². The number of unbranched alkanes of at least 4 members (excludes halogenated alkanes) is 3. The molecule has 0 aromatic heterocycles. The van der Waals surface area contributed by atoms with Crippen LogP contribution in [0.3, 0.4) is 0 Å². The van der Waals surface area contributed by atoms with Gasteiger partial charge in [-0.3, -0.25) is 0 Å². The van der Waals surface area contributed by atoms with E-state index in [0.29, 0.717) is 13.2 Å². The molecule has 3 heterocycles. The van der Waals surface area contributed by atoms with Crippen molar-refractivity contribution in [1.29, 1.82) is 0 Å². The third kappa shape index (κ3) is 5.97. The van der Waals surface area contributed by atoms with Crippen LogP contribution in [0.25, 0.3) is 0 Å². The smallest absolute Gasteiger partial charge is 0.408 e. The van der Waals surface area contributed by atoms with Crippen LogP contribution >= 0.6 is 0 Å². The molecule has 6 nitrogen and oxygen atoms in total. The van der Waals surface area contributed by atoms with E-state index in [1.54, 1.807) is 0 Å². The maximum Gasteiger partial charge on any atom is 0.457 e. The SMILES string of the molecule is CCCCB1OCC(C2OB(CCCC)OC2C2COB(CCCC)O2)O1. The van der Waals surface area contributed by atoms with Gasteiger partial charge >= 0.3 is 21.4 Å². The van der Waals surface area contributed by atoms with Crippen LogP contribution in [0.2, 0.25) is 19.0 Å². The molecule has 0 saturated carbocycles. The highest BCUT2D eigenvalue weighted by atomic mass is 16.7. The molecule has 27 heavy (non-hydrogen) atoms. The first-order chi connectivity index (χ1) is 13.2. The lowest BCUT2D eigenvalue weighted by Gasteiger charge is -2.27. The molecule has 3 rings (SSSR count). The van der Waals surface area contributed by atoms with Crippen LogP contribution < -0.4 is 0 Å². The van der Waals surface area contributed by atoms with Gasteiger partial charge in [0.25, 0.3) is 0 Å². The summed E-state index contributed by atoms with van der Waals surface area (Å²) >= 11 is 0. The van der Waals surface area contributed by atoms with Crippen LogP contribution in [0.15, 0.2) is 0 Å². The van der Waals surface area contributed by atoms with Crippen LogP contribution in [0.1, 0.15) is 59.3 Å². The molecule has 3 aliphatic heterocycles. The molecular formula is C18H35B3O6. The minimum atomic E-state index is -0.184. The second-order valence-electron chi connectivity index (χ2n) is 7.93. The highest BCUT2D eigenvalue weighted by molar-refractivity contribution is 6.46. The van der Waals surface area contributed by atoms with Crippen molar-refractivity contribution in [3.63, 3.8) is 0 Å². The maximum absolute atomic E-state index is 6.28. The normalized spacial score (nSPS) is 31.4. The fourth-order valence-corrected chi connectivity index (χ4v) is 3.98. The van der Waals surface area contributed by atoms with Crippen molar-refractivity contribution in [2.45, 2.75) is 103 Å². The first kappa shape index (κ1) is 21.7. The zero-order valence-electron chi connectivity index (χ0n) is 17.3. The van der Waals surface area contributed by atoms with E-state index in [0.717, 1.165) is 57.5 Å². The molecule has 0 radical (unpaired) electrons. The van der Waals surface area contributed by atoms with Gasteiger partial charge in [0.2, 0.25) is 0 Å². The van der Waals surface area contributed by atoms with E-state index in [1.807, 2.05) is 0 Å². The monoisotopic (exact) mass is 380 g/mol. The Morgan fingerprint density at radius 2 is 1.00 bits per heavy atom. The molecule has 4 atom stereocenters. The lowest BCUT2D eigenvalue weighted by Crippen LogP contribution is -2.45. The second kappa shape index (κ2) is 11.2. The zero-order chi connectivity index (χ0) is 19.1. The van der Waals surface area contributed by atoms with Crippen molar-refractivity contribution in [2.24, 2.45) is 0 Å². The second-order valence-corrected chi connectivity index (χ2v) is 7.93. The van der Waals surface area contributed by atoms with Crippen molar-refractivity contribution in [3.05, 3.63) is 0 Å². The molecule has 3 aliphatic rings. The average Bonchev–Trinajstić information content (AvgIpc) is 3.41. The van der Waals surface area contributed by atoms with Crippen molar-refractivity contribution < 1.29 is 27.9 Å². The lowest BCUT2D eigenvalue weighted by molar-refractivity contribution is -0.00492. The number of hydrogen-bond acceptors (Lipinski definition) is 6. The lowest BCUT2D eigenvalue weighted by atomic mass is 9.82. The molecule has 0 aliphatic carbocycles. The Bertz CT molecular complexity index is 398. The summed E-state index contributed by atoms with van der Waals surface area (Å²) in [5, 5.41) is 0. The molecule has 3 saturated heterocycles. The predicted molar refractivity (Wildman–Crippen MR) is 108 cm³/mol. The Labute approximate surface area is 165 Å². The zero-order valence-corrected chi connectivity index (χ0v) is 17.3. The van der Waals surface area contributed by atoms with Crippen LogP contribution in [0.4, 0.5) is 0 Å².